The smallest absolute Gasteiger partial charge is 0.191 e. The van der Waals surface area contributed by atoms with E-state index in [4.69, 9.17) is 4.74 Å². The van der Waals surface area contributed by atoms with Crippen LogP contribution in [0.15, 0.2) is 72.8 Å². The lowest BCUT2D eigenvalue weighted by molar-refractivity contribution is -0.929. The minimum Gasteiger partial charge on any atom is -0.470 e. The van der Waals surface area contributed by atoms with Gasteiger partial charge in [0.05, 0.1) is 43.7 Å². The molecule has 1 spiro atoms. The van der Waals surface area contributed by atoms with Crippen LogP contribution < -0.4 is 15.1 Å². The molecule has 3 aromatic carbocycles. The fraction of sp³-hybridized carbons (Fsp3) is 0.333. The van der Waals surface area contributed by atoms with Crippen LogP contribution in [0.3, 0.4) is 0 Å². The largest absolute Gasteiger partial charge is 0.470 e. The first kappa shape index (κ1) is 18.9. The first-order valence-electron chi connectivity index (χ1n) is 11.5. The number of hydrazine groups is 1. The van der Waals surface area contributed by atoms with Gasteiger partial charge in [-0.15, -0.1) is 0 Å². The topological polar surface area (TPSA) is 28.9 Å². The van der Waals surface area contributed by atoms with Crippen LogP contribution >= 0.6 is 0 Å². The van der Waals surface area contributed by atoms with Gasteiger partial charge in [0, 0.05) is 11.1 Å². The highest BCUT2D eigenvalue weighted by Crippen LogP contribution is 2.48. The zero-order chi connectivity index (χ0) is 21.0. The molecule has 3 heterocycles. The van der Waals surface area contributed by atoms with E-state index in [1.807, 2.05) is 0 Å². The summed E-state index contributed by atoms with van der Waals surface area (Å²) in [5.41, 5.74) is 7.18. The molecule has 6 rings (SSSR count). The molecule has 1 atom stereocenters. The number of rotatable bonds is 2. The van der Waals surface area contributed by atoms with Crippen molar-refractivity contribution in [1.82, 2.24) is 10.4 Å². The van der Waals surface area contributed by atoms with E-state index in [2.05, 4.69) is 97.1 Å². The predicted molar refractivity (Wildman–Crippen MR) is 125 cm³/mol. The quantitative estimate of drug-likeness (QED) is 0.669. The number of quaternary nitrogens is 1. The molecule has 31 heavy (non-hydrogen) atoms. The number of para-hydroxylation sites is 1. The maximum atomic E-state index is 6.79. The first-order chi connectivity index (χ1) is 15.1. The third-order valence-electron chi connectivity index (χ3n) is 7.39. The van der Waals surface area contributed by atoms with E-state index >= 15 is 0 Å². The summed E-state index contributed by atoms with van der Waals surface area (Å²) in [6.07, 6.45) is 4.44. The minimum absolute atomic E-state index is 0.180. The van der Waals surface area contributed by atoms with Crippen LogP contribution in [-0.4, -0.2) is 29.9 Å². The number of likely N-dealkylation sites (tertiary alicyclic amines) is 1. The molecule has 4 nitrogen and oxygen atoms in total. The zero-order valence-corrected chi connectivity index (χ0v) is 18.3. The Hall–Kier alpha value is -2.82. The second kappa shape index (κ2) is 7.11. The number of fused-ring (bicyclic) bond motifs is 5. The highest BCUT2D eigenvalue weighted by molar-refractivity contribution is 5.93. The number of benzene rings is 3. The van der Waals surface area contributed by atoms with Gasteiger partial charge < -0.3 is 15.1 Å². The van der Waals surface area contributed by atoms with Crippen LogP contribution in [0.2, 0.25) is 0 Å². The molecule has 2 N–H and O–H groups in total. The Morgan fingerprint density at radius 1 is 0.968 bits per heavy atom. The number of nitrogens with zero attached hydrogens (tertiary/aromatic N) is 1. The number of ether oxygens (including phenoxy) is 1. The fourth-order valence-electron chi connectivity index (χ4n) is 5.62. The van der Waals surface area contributed by atoms with E-state index in [0.29, 0.717) is 6.04 Å². The molecule has 158 valence electrons. The molecule has 0 radical (unpaired) electrons. The van der Waals surface area contributed by atoms with Gasteiger partial charge in [0.1, 0.15) is 5.75 Å². The summed E-state index contributed by atoms with van der Waals surface area (Å²) in [5, 5.41) is 4.96. The van der Waals surface area contributed by atoms with E-state index in [1.54, 1.807) is 4.90 Å². The van der Waals surface area contributed by atoms with Crippen molar-refractivity contribution in [2.75, 3.05) is 13.1 Å². The van der Waals surface area contributed by atoms with Gasteiger partial charge in [-0.25, -0.2) is 0 Å². The maximum Gasteiger partial charge on any atom is 0.191 e. The van der Waals surface area contributed by atoms with Gasteiger partial charge in [-0.3, -0.25) is 0 Å². The van der Waals surface area contributed by atoms with Crippen molar-refractivity contribution in [3.8, 4) is 5.75 Å². The number of hydrogen-bond donors (Lipinski definition) is 2. The standard InChI is InChI=1S/C27H29N3O/c1-19(2)29-16-14-27(15-17-29)30-25(23-11-5-6-13-26(23)31-27)18-24(28-30)22-12-7-9-20-8-3-4-10-21(20)22/h3-13,18-19,25,28H,14-17H2,1-2H3/p+1/t25-/m1/s1. The summed E-state index contributed by atoms with van der Waals surface area (Å²) in [6.45, 7) is 6.91. The van der Waals surface area contributed by atoms with Crippen molar-refractivity contribution in [3.63, 3.8) is 0 Å². The third-order valence-corrected chi connectivity index (χ3v) is 7.39. The molecule has 0 bridgehead atoms. The first-order valence-corrected chi connectivity index (χ1v) is 11.5. The molecule has 4 heteroatoms. The van der Waals surface area contributed by atoms with Crippen LogP contribution in [0.5, 0.6) is 5.75 Å². The average Bonchev–Trinajstić information content (AvgIpc) is 3.26. The van der Waals surface area contributed by atoms with Gasteiger partial charge in [0.25, 0.3) is 0 Å². The Kier molecular flexibility index (Phi) is 4.34. The van der Waals surface area contributed by atoms with E-state index in [-0.39, 0.29) is 11.8 Å². The summed E-state index contributed by atoms with van der Waals surface area (Å²) >= 11 is 0. The summed E-state index contributed by atoms with van der Waals surface area (Å²) in [4.78, 5) is 1.67. The van der Waals surface area contributed by atoms with E-state index in [1.165, 1.54) is 27.6 Å². The SMILES string of the molecule is CC(C)[NH+]1CCC2(CC1)Oc1ccccc1[C@H]1C=C(c3cccc4ccccc34)NN12. The van der Waals surface area contributed by atoms with Crippen LogP contribution in [0.1, 0.15) is 43.9 Å². The van der Waals surface area contributed by atoms with Gasteiger partial charge >= 0.3 is 0 Å². The van der Waals surface area contributed by atoms with Crippen molar-refractivity contribution >= 4 is 16.5 Å². The molecule has 0 aromatic heterocycles. The van der Waals surface area contributed by atoms with Gasteiger partial charge in [-0.2, -0.15) is 5.01 Å². The second-order valence-electron chi connectivity index (χ2n) is 9.43. The van der Waals surface area contributed by atoms with Crippen LogP contribution in [0, 0.1) is 0 Å². The average molecular weight is 413 g/mol. The highest BCUT2D eigenvalue weighted by Gasteiger charge is 2.52. The van der Waals surface area contributed by atoms with E-state index in [0.717, 1.165) is 31.7 Å². The Labute approximate surface area is 184 Å². The van der Waals surface area contributed by atoms with E-state index < -0.39 is 0 Å². The second-order valence-corrected chi connectivity index (χ2v) is 9.43. The van der Waals surface area contributed by atoms with Crippen LogP contribution in [-0.2, 0) is 0 Å². The summed E-state index contributed by atoms with van der Waals surface area (Å²) in [7, 11) is 0. The Bertz CT molecular complexity index is 1150. The lowest BCUT2D eigenvalue weighted by Crippen LogP contribution is -3.16. The van der Waals surface area contributed by atoms with Gasteiger partial charge in [0.2, 0.25) is 0 Å². The monoisotopic (exact) mass is 412 g/mol. The van der Waals surface area contributed by atoms with Crippen molar-refractivity contribution in [2.24, 2.45) is 0 Å². The minimum atomic E-state index is -0.305. The lowest BCUT2D eigenvalue weighted by Gasteiger charge is -2.51. The molecule has 0 saturated carbocycles. The molecule has 3 aliphatic heterocycles. The number of piperidine rings is 1. The predicted octanol–water partition coefficient (Wildman–Crippen LogP) is 3.92. The molecular weight excluding hydrogens is 382 g/mol. The molecule has 0 unspecified atom stereocenters. The normalized spacial score (nSPS) is 27.5. The van der Waals surface area contributed by atoms with Crippen molar-refractivity contribution < 1.29 is 9.64 Å². The van der Waals surface area contributed by atoms with Crippen LogP contribution in [0.4, 0.5) is 0 Å². The highest BCUT2D eigenvalue weighted by atomic mass is 16.5. The molecule has 1 fully saturated rings. The summed E-state index contributed by atoms with van der Waals surface area (Å²) < 4.78 is 6.79. The molecule has 1 saturated heterocycles. The fourth-order valence-corrected chi connectivity index (χ4v) is 5.62. The van der Waals surface area contributed by atoms with Gasteiger partial charge in [-0.1, -0.05) is 60.7 Å². The van der Waals surface area contributed by atoms with Gasteiger partial charge in [-0.05, 0) is 36.8 Å². The van der Waals surface area contributed by atoms with Crippen LogP contribution in [0.25, 0.3) is 16.5 Å². The Morgan fingerprint density at radius 3 is 2.55 bits per heavy atom. The van der Waals surface area contributed by atoms with E-state index in [9.17, 15) is 0 Å². The summed E-state index contributed by atoms with van der Waals surface area (Å²) in [6, 6.07) is 24.6. The van der Waals surface area contributed by atoms with Crippen molar-refractivity contribution in [2.45, 2.75) is 44.5 Å². The Balaban J connectivity index is 1.42. The number of hydrogen-bond acceptors (Lipinski definition) is 3. The Morgan fingerprint density at radius 2 is 1.71 bits per heavy atom. The summed E-state index contributed by atoms with van der Waals surface area (Å²) in [5.74, 6) is 1.04. The molecule has 3 aromatic rings. The van der Waals surface area contributed by atoms with Crippen molar-refractivity contribution in [1.29, 1.82) is 0 Å². The maximum absolute atomic E-state index is 6.79. The van der Waals surface area contributed by atoms with Crippen molar-refractivity contribution in [3.05, 3.63) is 83.9 Å². The molecule has 0 aliphatic carbocycles. The van der Waals surface area contributed by atoms with Gasteiger partial charge in [0.15, 0.2) is 5.72 Å². The molecular formula is C27H30N3O+. The zero-order valence-electron chi connectivity index (χ0n) is 18.3. The molecule has 0 amide bonds. The molecule has 3 aliphatic rings. The lowest BCUT2D eigenvalue weighted by atomic mass is 9.92. The third kappa shape index (κ3) is 2.97. The number of nitrogens with one attached hydrogen (secondary N) is 2.